The first-order chi connectivity index (χ1) is 16.3. The van der Waals surface area contributed by atoms with Crippen LogP contribution in [-0.4, -0.2) is 30.6 Å². The van der Waals surface area contributed by atoms with Gasteiger partial charge in [0.05, 0.1) is 12.9 Å². The van der Waals surface area contributed by atoms with Crippen LogP contribution >= 0.6 is 0 Å². The number of carbonyl (C=O) groups excluding carboxylic acids is 1. The summed E-state index contributed by atoms with van der Waals surface area (Å²) in [5.41, 5.74) is 0.644. The van der Waals surface area contributed by atoms with Gasteiger partial charge < -0.3 is 9.88 Å². The minimum absolute atomic E-state index is 0.0636. The Bertz CT molecular complexity index is 1270. The molecule has 1 aromatic carbocycles. The second kappa shape index (κ2) is 9.99. The number of aromatic nitrogens is 4. The number of nitrogens with zero attached hydrogens (tertiary/aromatic N) is 4. The first kappa shape index (κ1) is 24.0. The highest BCUT2D eigenvalue weighted by Crippen LogP contribution is 2.29. The lowest BCUT2D eigenvalue weighted by Gasteiger charge is -2.34. The Morgan fingerprint density at radius 2 is 1.85 bits per heavy atom. The van der Waals surface area contributed by atoms with Gasteiger partial charge in [-0.3, -0.25) is 14.2 Å². The predicted octanol–water partition coefficient (Wildman–Crippen LogP) is 3.00. The molecule has 2 aromatic heterocycles. The van der Waals surface area contributed by atoms with Crippen molar-refractivity contribution in [2.45, 2.75) is 72.6 Å². The van der Waals surface area contributed by atoms with Crippen LogP contribution in [0, 0.1) is 17.8 Å². The van der Waals surface area contributed by atoms with Crippen LogP contribution in [0.1, 0.15) is 52.5 Å². The van der Waals surface area contributed by atoms with Gasteiger partial charge in [0.15, 0.2) is 11.2 Å². The molecule has 4 rings (SSSR count). The second-order valence-electron chi connectivity index (χ2n) is 10.1. The fourth-order valence-electron chi connectivity index (χ4n) is 5.00. The smallest absolute Gasteiger partial charge is 0.333 e. The minimum atomic E-state index is -0.517. The Balaban J connectivity index is 1.73. The van der Waals surface area contributed by atoms with Gasteiger partial charge in [-0.2, -0.15) is 0 Å². The Kier molecular flexibility index (Phi) is 7.05. The molecular weight excluding hydrogens is 430 g/mol. The van der Waals surface area contributed by atoms with E-state index in [9.17, 15) is 14.4 Å². The molecule has 3 aromatic rings. The summed E-state index contributed by atoms with van der Waals surface area (Å²) in [6.45, 7) is 9.05. The normalized spacial score (nSPS) is 20.7. The van der Waals surface area contributed by atoms with Crippen LogP contribution in [-0.2, 0) is 24.4 Å². The van der Waals surface area contributed by atoms with Crippen molar-refractivity contribution in [3.8, 4) is 0 Å². The molecule has 0 saturated heterocycles. The van der Waals surface area contributed by atoms with Crippen LogP contribution in [0.3, 0.4) is 0 Å². The number of imidazole rings is 1. The van der Waals surface area contributed by atoms with Crippen LogP contribution in [0.4, 0.5) is 0 Å². The van der Waals surface area contributed by atoms with Crippen molar-refractivity contribution in [2.75, 3.05) is 0 Å². The number of amides is 1. The van der Waals surface area contributed by atoms with Gasteiger partial charge in [0.1, 0.15) is 6.54 Å². The molecule has 34 heavy (non-hydrogen) atoms. The predicted molar refractivity (Wildman–Crippen MR) is 133 cm³/mol. The van der Waals surface area contributed by atoms with E-state index >= 15 is 0 Å². The molecule has 0 spiro atoms. The summed E-state index contributed by atoms with van der Waals surface area (Å²) >= 11 is 0. The van der Waals surface area contributed by atoms with Crippen LogP contribution in [0.2, 0.25) is 0 Å². The maximum Gasteiger partial charge on any atom is 0.333 e. The van der Waals surface area contributed by atoms with Crippen LogP contribution in [0.5, 0.6) is 0 Å². The average molecular weight is 466 g/mol. The zero-order valence-corrected chi connectivity index (χ0v) is 20.5. The number of rotatable bonds is 7. The van der Waals surface area contributed by atoms with Gasteiger partial charge >= 0.3 is 5.69 Å². The fraction of sp³-hybridized carbons (Fsp3) is 0.538. The average Bonchev–Trinajstić information content (AvgIpc) is 3.21. The van der Waals surface area contributed by atoms with E-state index in [1.54, 1.807) is 10.9 Å². The third-order valence-corrected chi connectivity index (χ3v) is 7.08. The van der Waals surface area contributed by atoms with Crippen molar-refractivity contribution in [3.63, 3.8) is 0 Å². The molecule has 8 nitrogen and oxygen atoms in total. The molecule has 1 saturated carbocycles. The Morgan fingerprint density at radius 3 is 2.56 bits per heavy atom. The van der Waals surface area contributed by atoms with E-state index < -0.39 is 11.2 Å². The highest BCUT2D eigenvalue weighted by Gasteiger charge is 2.29. The lowest BCUT2D eigenvalue weighted by atomic mass is 9.78. The summed E-state index contributed by atoms with van der Waals surface area (Å²) in [6, 6.07) is 9.65. The summed E-state index contributed by atoms with van der Waals surface area (Å²) in [5.74, 6) is 0.884. The second-order valence-corrected chi connectivity index (χ2v) is 10.1. The third-order valence-electron chi connectivity index (χ3n) is 7.08. The summed E-state index contributed by atoms with van der Waals surface area (Å²) in [5, 5.41) is 3.09. The monoisotopic (exact) mass is 465 g/mol. The van der Waals surface area contributed by atoms with Crippen LogP contribution < -0.4 is 16.6 Å². The van der Waals surface area contributed by atoms with Crippen molar-refractivity contribution in [3.05, 3.63) is 63.1 Å². The van der Waals surface area contributed by atoms with Crippen molar-refractivity contribution >= 4 is 17.1 Å². The minimum Gasteiger partial charge on any atom is -0.352 e. The van der Waals surface area contributed by atoms with Gasteiger partial charge in [0.25, 0.3) is 5.56 Å². The fourth-order valence-corrected chi connectivity index (χ4v) is 5.00. The van der Waals surface area contributed by atoms with Crippen molar-refractivity contribution in [1.82, 2.24) is 24.0 Å². The number of hydrogen-bond donors (Lipinski definition) is 1. The number of fused-ring (bicyclic) bond motifs is 1. The molecule has 182 valence electrons. The highest BCUT2D eigenvalue weighted by molar-refractivity contribution is 5.77. The van der Waals surface area contributed by atoms with Gasteiger partial charge in [0, 0.05) is 12.6 Å². The van der Waals surface area contributed by atoms with Crippen LogP contribution in [0.15, 0.2) is 46.2 Å². The van der Waals surface area contributed by atoms with E-state index in [0.717, 1.165) is 29.4 Å². The molecule has 2 heterocycles. The molecule has 0 aliphatic heterocycles. The molecule has 1 aliphatic rings. The van der Waals surface area contributed by atoms with Gasteiger partial charge in [-0.25, -0.2) is 14.3 Å². The molecule has 0 radical (unpaired) electrons. The molecule has 1 fully saturated rings. The first-order valence-electron chi connectivity index (χ1n) is 12.3. The van der Waals surface area contributed by atoms with E-state index in [0.29, 0.717) is 29.5 Å². The topological polar surface area (TPSA) is 90.9 Å². The van der Waals surface area contributed by atoms with E-state index in [-0.39, 0.29) is 31.0 Å². The highest BCUT2D eigenvalue weighted by atomic mass is 16.2. The number of hydrogen-bond acceptors (Lipinski definition) is 4. The number of benzene rings is 1. The van der Waals surface area contributed by atoms with E-state index in [1.807, 2.05) is 30.3 Å². The van der Waals surface area contributed by atoms with E-state index in [2.05, 4.69) is 38.0 Å². The zero-order valence-electron chi connectivity index (χ0n) is 20.5. The number of carbonyl (C=O) groups is 1. The zero-order chi connectivity index (χ0) is 24.4. The van der Waals surface area contributed by atoms with Crippen molar-refractivity contribution in [1.29, 1.82) is 0 Å². The van der Waals surface area contributed by atoms with E-state index in [4.69, 9.17) is 0 Å². The van der Waals surface area contributed by atoms with Gasteiger partial charge in [-0.1, -0.05) is 70.9 Å². The van der Waals surface area contributed by atoms with Gasteiger partial charge in [-0.15, -0.1) is 0 Å². The lowest BCUT2D eigenvalue weighted by Crippen LogP contribution is -2.48. The summed E-state index contributed by atoms with van der Waals surface area (Å²) in [6.07, 6.45) is 4.77. The maximum atomic E-state index is 13.5. The first-order valence-corrected chi connectivity index (χ1v) is 12.3. The van der Waals surface area contributed by atoms with Gasteiger partial charge in [0.2, 0.25) is 5.91 Å². The molecular formula is C26H35N5O3. The largest absolute Gasteiger partial charge is 0.352 e. The molecule has 8 heteroatoms. The molecule has 1 amide bonds. The Hall–Kier alpha value is -3.16. The van der Waals surface area contributed by atoms with Crippen molar-refractivity contribution < 1.29 is 4.79 Å². The van der Waals surface area contributed by atoms with E-state index in [1.165, 1.54) is 4.57 Å². The maximum absolute atomic E-state index is 13.5. The molecule has 0 unspecified atom stereocenters. The Labute approximate surface area is 199 Å². The summed E-state index contributed by atoms with van der Waals surface area (Å²) < 4.78 is 4.36. The van der Waals surface area contributed by atoms with Crippen LogP contribution in [0.25, 0.3) is 11.2 Å². The molecule has 3 atom stereocenters. The molecule has 1 aliphatic carbocycles. The van der Waals surface area contributed by atoms with Crippen molar-refractivity contribution in [2.24, 2.45) is 17.8 Å². The lowest BCUT2D eigenvalue weighted by molar-refractivity contribution is -0.123. The molecule has 0 bridgehead atoms. The Morgan fingerprint density at radius 1 is 1.12 bits per heavy atom. The SMILES string of the molecule is CC(C)Cn1cnc2c1c(=O)n(CC(=O)N[C@@H]1CCC[C@H](C)[C@@H]1C)c(=O)n2Cc1ccccc1. The number of nitrogens with one attached hydrogen (secondary N) is 1. The summed E-state index contributed by atoms with van der Waals surface area (Å²) in [7, 11) is 0. The summed E-state index contributed by atoms with van der Waals surface area (Å²) in [4.78, 5) is 44.4. The quantitative estimate of drug-likeness (QED) is 0.581. The van der Waals surface area contributed by atoms with Gasteiger partial charge in [-0.05, 0) is 29.7 Å². The standard InChI is InChI=1S/C26H35N5O3/c1-17(2)13-29-16-27-24-23(29)25(33)31(26(34)30(24)14-20-10-6-5-7-11-20)15-22(32)28-21-12-8-9-18(3)19(21)4/h5-7,10-11,16-19,21H,8-9,12-15H2,1-4H3,(H,28,32)/t18-,19-,21+/m0/s1. The molecule has 1 N–H and O–H groups in total. The third kappa shape index (κ3) is 4.86.